The average molecular weight is 720 g/mol. The van der Waals surface area contributed by atoms with Crippen LogP contribution in [0.1, 0.15) is 12.0 Å². The lowest BCUT2D eigenvalue weighted by atomic mass is 10.1. The Morgan fingerprint density at radius 2 is 1.72 bits per heavy atom. The molecule has 3 aliphatic rings. The summed E-state index contributed by atoms with van der Waals surface area (Å²) in [5, 5.41) is 11.7. The number of benzene rings is 2. The Balaban J connectivity index is 1.23. The summed E-state index contributed by atoms with van der Waals surface area (Å²) in [5.41, 5.74) is 8.13. The molecule has 252 valence electrons. The SMILES string of the molecule is N#Cc1ccc(OP(=O)(O)CNS(=O)(=O)c2cc3c(F)c(F)c(OCC[N+]45CC[N+](CCCN=[N+]=[N-])(CC4)CC5)c(F)c3s2)cc1F. The van der Waals surface area contributed by atoms with E-state index in [1.165, 1.54) is 0 Å². The van der Waals surface area contributed by atoms with Gasteiger partial charge < -0.3 is 23.1 Å². The van der Waals surface area contributed by atoms with Gasteiger partial charge in [-0.2, -0.15) is 14.4 Å². The Labute approximate surface area is 270 Å². The van der Waals surface area contributed by atoms with Crippen LogP contribution >= 0.6 is 18.9 Å². The lowest BCUT2D eigenvalue weighted by Gasteiger charge is -2.55. The molecule has 1 atom stereocenters. The van der Waals surface area contributed by atoms with Gasteiger partial charge >= 0.3 is 7.60 Å². The van der Waals surface area contributed by atoms with Crippen LogP contribution in [-0.2, 0) is 14.6 Å². The number of nitrogens with one attached hydrogen (secondary N) is 1. The maximum atomic E-state index is 15.5. The predicted octanol–water partition coefficient (Wildman–Crippen LogP) is 4.57. The number of nitriles is 1. The van der Waals surface area contributed by atoms with Crippen LogP contribution in [0.15, 0.2) is 33.6 Å². The molecule has 6 rings (SSSR count). The van der Waals surface area contributed by atoms with Crippen molar-refractivity contribution in [2.24, 2.45) is 5.11 Å². The maximum absolute atomic E-state index is 15.5. The summed E-state index contributed by atoms with van der Waals surface area (Å²) in [4.78, 5) is 12.9. The van der Waals surface area contributed by atoms with Crippen molar-refractivity contribution in [2.75, 3.05) is 71.8 Å². The second kappa shape index (κ2) is 13.6. The summed E-state index contributed by atoms with van der Waals surface area (Å²) in [7, 11) is -9.43. The van der Waals surface area contributed by atoms with E-state index in [0.717, 1.165) is 68.8 Å². The molecule has 3 aromatic rings. The Bertz CT molecular complexity index is 1930. The average Bonchev–Trinajstić information content (AvgIpc) is 3.51. The summed E-state index contributed by atoms with van der Waals surface area (Å²) >= 11 is 0.272. The van der Waals surface area contributed by atoms with E-state index in [4.69, 9.17) is 20.1 Å². The van der Waals surface area contributed by atoms with Crippen molar-refractivity contribution in [1.29, 1.82) is 5.26 Å². The largest absolute Gasteiger partial charge is 0.481 e. The monoisotopic (exact) mass is 719 g/mol. The van der Waals surface area contributed by atoms with Gasteiger partial charge in [-0.25, -0.2) is 26.2 Å². The first kappa shape index (κ1) is 34.9. The number of halogens is 4. The second-order valence-electron chi connectivity index (χ2n) is 11.5. The number of thiophene rings is 1. The minimum atomic E-state index is -4.77. The number of ether oxygens (including phenoxy) is 1. The van der Waals surface area contributed by atoms with E-state index < -0.39 is 73.0 Å². The standard InChI is InChI=1S/C27H29F4N7O6PS2/c28-21-14-19(3-2-18(21)16-32)44-45(39,40)17-35-47(41,42)22-15-20-23(29)24(30)26(25(31)27(20)46-22)43-13-12-38-9-6-37(7-10-38,8-11-38)5-1-4-34-36-33/h2-3,14-15,35H,1,4-13,17H2/q+1/p+1. The molecular formula is C27H30F4N7O6PS2+2. The van der Waals surface area contributed by atoms with Crippen molar-refractivity contribution in [3.05, 3.63) is 63.5 Å². The molecule has 1 unspecified atom stereocenters. The highest BCUT2D eigenvalue weighted by Crippen LogP contribution is 2.43. The first-order chi connectivity index (χ1) is 22.2. The van der Waals surface area contributed by atoms with Gasteiger partial charge in [0.25, 0.3) is 10.0 Å². The van der Waals surface area contributed by atoms with Gasteiger partial charge in [0.2, 0.25) is 5.82 Å². The smallest absolute Gasteiger partial charge is 0.391 e. The molecule has 13 nitrogen and oxygen atoms in total. The lowest BCUT2D eigenvalue weighted by molar-refractivity contribution is -1.08. The topological polar surface area (TPSA) is 174 Å². The Morgan fingerprint density at radius 1 is 1.06 bits per heavy atom. The van der Waals surface area contributed by atoms with Crippen LogP contribution in [0.4, 0.5) is 17.6 Å². The molecule has 2 bridgehead atoms. The van der Waals surface area contributed by atoms with Gasteiger partial charge in [0.1, 0.15) is 80.6 Å². The quantitative estimate of drug-likeness (QED) is 0.0359. The third kappa shape index (κ3) is 7.50. The van der Waals surface area contributed by atoms with Gasteiger partial charge in [-0.15, -0.1) is 11.3 Å². The number of hydrogen-bond donors (Lipinski definition) is 2. The van der Waals surface area contributed by atoms with Crippen LogP contribution < -0.4 is 14.0 Å². The van der Waals surface area contributed by atoms with Crippen molar-refractivity contribution >= 4 is 39.0 Å². The van der Waals surface area contributed by atoms with Gasteiger partial charge in [0.15, 0.2) is 17.4 Å². The summed E-state index contributed by atoms with van der Waals surface area (Å²) in [6, 6.07) is 4.97. The van der Waals surface area contributed by atoms with Crippen molar-refractivity contribution in [2.45, 2.75) is 10.6 Å². The van der Waals surface area contributed by atoms with Crippen LogP contribution in [0.25, 0.3) is 20.5 Å². The number of hydrogen-bond acceptors (Lipinski definition) is 8. The minimum absolute atomic E-state index is 0.108. The van der Waals surface area contributed by atoms with Crippen molar-refractivity contribution in [1.82, 2.24) is 4.72 Å². The van der Waals surface area contributed by atoms with E-state index in [1.54, 1.807) is 6.07 Å². The molecule has 2 N–H and O–H groups in total. The van der Waals surface area contributed by atoms with Crippen molar-refractivity contribution in [3.63, 3.8) is 0 Å². The van der Waals surface area contributed by atoms with Gasteiger partial charge in [0, 0.05) is 29.3 Å². The number of quaternary nitrogens is 2. The molecule has 3 saturated heterocycles. The summed E-state index contributed by atoms with van der Waals surface area (Å²) in [5.74, 6) is -6.85. The fraction of sp³-hybridized carbons (Fsp3) is 0.444. The molecule has 4 heterocycles. The molecule has 47 heavy (non-hydrogen) atoms. The maximum Gasteiger partial charge on any atom is 0.391 e. The number of piperazine rings is 3. The van der Waals surface area contributed by atoms with Crippen molar-refractivity contribution in [3.8, 4) is 17.6 Å². The molecule has 3 fully saturated rings. The first-order valence-corrected chi connectivity index (χ1v) is 18.4. The Hall–Kier alpha value is -3.46. The van der Waals surface area contributed by atoms with E-state index in [9.17, 15) is 26.7 Å². The third-order valence-electron chi connectivity index (χ3n) is 8.68. The molecule has 0 spiro atoms. The van der Waals surface area contributed by atoms with Crippen LogP contribution in [0.2, 0.25) is 0 Å². The van der Waals surface area contributed by atoms with E-state index in [0.29, 0.717) is 29.7 Å². The zero-order chi connectivity index (χ0) is 34.0. The molecular weight excluding hydrogens is 689 g/mol. The third-order valence-corrected chi connectivity index (χ3v) is 12.9. The number of nitrogens with zero attached hydrogens (tertiary/aromatic N) is 6. The molecule has 0 radical (unpaired) electrons. The van der Waals surface area contributed by atoms with Gasteiger partial charge in [-0.3, -0.25) is 0 Å². The fourth-order valence-corrected chi connectivity index (χ4v) is 9.87. The normalized spacial score (nSPS) is 22.0. The molecule has 0 aliphatic carbocycles. The highest BCUT2D eigenvalue weighted by Gasteiger charge is 2.48. The van der Waals surface area contributed by atoms with Crippen LogP contribution in [0, 0.1) is 34.6 Å². The predicted molar refractivity (Wildman–Crippen MR) is 162 cm³/mol. The molecule has 20 heteroatoms. The number of sulfonamides is 1. The first-order valence-electron chi connectivity index (χ1n) is 14.4. The zero-order valence-electron chi connectivity index (χ0n) is 24.7. The number of fused-ring (bicyclic) bond motifs is 4. The number of rotatable bonds is 14. The van der Waals surface area contributed by atoms with Gasteiger partial charge in [-0.05, 0) is 23.7 Å². The highest BCUT2D eigenvalue weighted by molar-refractivity contribution is 7.92. The van der Waals surface area contributed by atoms with Crippen LogP contribution in [-0.4, -0.2) is 94.1 Å². The minimum Gasteiger partial charge on any atom is -0.481 e. The Kier molecular flexibility index (Phi) is 10.1. The molecule has 2 aromatic carbocycles. The van der Waals surface area contributed by atoms with E-state index >= 15 is 8.78 Å². The Morgan fingerprint density at radius 3 is 2.34 bits per heavy atom. The van der Waals surface area contributed by atoms with Crippen molar-refractivity contribution < 1.29 is 53.7 Å². The van der Waals surface area contributed by atoms with Crippen LogP contribution in [0.3, 0.4) is 0 Å². The van der Waals surface area contributed by atoms with Gasteiger partial charge in [-0.1, -0.05) is 5.11 Å². The van der Waals surface area contributed by atoms with E-state index in [1.807, 2.05) is 4.72 Å². The highest BCUT2D eigenvalue weighted by atomic mass is 32.2. The lowest BCUT2D eigenvalue weighted by Crippen LogP contribution is -2.75. The van der Waals surface area contributed by atoms with E-state index in [2.05, 4.69) is 10.0 Å². The second-order valence-corrected chi connectivity index (χ2v) is 16.3. The number of azide groups is 1. The summed E-state index contributed by atoms with van der Waals surface area (Å²) in [6.45, 7) is 6.90. The van der Waals surface area contributed by atoms with Crippen LogP contribution in [0.5, 0.6) is 11.5 Å². The van der Waals surface area contributed by atoms with Gasteiger partial charge in [0.05, 0.1) is 16.8 Å². The fourth-order valence-electron chi connectivity index (χ4n) is 5.93. The molecule has 1 aromatic heterocycles. The zero-order valence-corrected chi connectivity index (χ0v) is 27.3. The summed E-state index contributed by atoms with van der Waals surface area (Å²) in [6.07, 6.45) is -0.408. The molecule has 3 aliphatic heterocycles. The summed E-state index contributed by atoms with van der Waals surface area (Å²) < 4.78 is 110. The van der Waals surface area contributed by atoms with E-state index in [-0.39, 0.29) is 23.5 Å². The molecule has 0 saturated carbocycles. The molecule has 0 amide bonds.